The van der Waals surface area contributed by atoms with Crippen molar-refractivity contribution in [3.05, 3.63) is 41.9 Å². The number of thioether (sulfide) groups is 1. The molecule has 6 heteroatoms. The first kappa shape index (κ1) is 16.8. The summed E-state index contributed by atoms with van der Waals surface area (Å²) in [7, 11) is 3.32. The summed E-state index contributed by atoms with van der Waals surface area (Å²) < 4.78 is 10.8. The van der Waals surface area contributed by atoms with Gasteiger partial charge in [0.05, 0.1) is 24.9 Å². The summed E-state index contributed by atoms with van der Waals surface area (Å²) >= 11 is 3.34. The molecule has 0 aliphatic rings. The fraction of sp³-hybridized carbons (Fsp3) is 0.222. The van der Waals surface area contributed by atoms with Crippen molar-refractivity contribution in [3.8, 4) is 33.3 Å². The maximum atomic E-state index is 5.46. The largest absolute Gasteiger partial charge is 0.497 e. The predicted octanol–water partition coefficient (Wildman–Crippen LogP) is 5.00. The lowest BCUT2D eigenvalue weighted by Crippen LogP contribution is -1.90. The molecule has 0 saturated carbocycles. The van der Waals surface area contributed by atoms with Gasteiger partial charge in [0.1, 0.15) is 16.5 Å². The third-order valence-corrected chi connectivity index (χ3v) is 5.16. The van der Waals surface area contributed by atoms with Crippen LogP contribution in [0.3, 0.4) is 0 Å². The fourth-order valence-electron chi connectivity index (χ4n) is 2.31. The summed E-state index contributed by atoms with van der Waals surface area (Å²) in [6.07, 6.45) is 1.83. The van der Waals surface area contributed by atoms with E-state index in [-0.39, 0.29) is 0 Å². The Labute approximate surface area is 149 Å². The van der Waals surface area contributed by atoms with Crippen LogP contribution in [0.5, 0.6) is 11.5 Å². The summed E-state index contributed by atoms with van der Waals surface area (Å²) in [4.78, 5) is 9.15. The number of thiazole rings is 1. The summed E-state index contributed by atoms with van der Waals surface area (Å²) in [5.41, 5.74) is 2.89. The Hall–Kier alpha value is -2.05. The first-order valence-corrected chi connectivity index (χ1v) is 9.38. The van der Waals surface area contributed by atoms with Gasteiger partial charge in [-0.1, -0.05) is 6.92 Å². The van der Waals surface area contributed by atoms with Gasteiger partial charge in [-0.05, 0) is 36.1 Å². The lowest BCUT2D eigenvalue weighted by atomic mass is 10.1. The van der Waals surface area contributed by atoms with E-state index in [0.717, 1.165) is 44.1 Å². The molecule has 0 saturated heterocycles. The van der Waals surface area contributed by atoms with Gasteiger partial charge in [0.15, 0.2) is 0 Å². The molecule has 0 amide bonds. The van der Waals surface area contributed by atoms with E-state index < -0.39 is 0 Å². The van der Waals surface area contributed by atoms with Crippen LogP contribution >= 0.6 is 23.1 Å². The average Bonchev–Trinajstić information content (AvgIpc) is 3.11. The molecule has 0 aliphatic heterocycles. The summed E-state index contributed by atoms with van der Waals surface area (Å²) in [6.45, 7) is 2.12. The molecular formula is C18H18N2O2S2. The molecule has 4 nitrogen and oxygen atoms in total. The maximum Gasteiger partial charge on any atom is 0.128 e. The van der Waals surface area contributed by atoms with E-state index in [1.807, 2.05) is 35.8 Å². The van der Waals surface area contributed by atoms with Crippen LogP contribution in [0.2, 0.25) is 0 Å². The highest BCUT2D eigenvalue weighted by molar-refractivity contribution is 7.99. The number of ether oxygens (including phenoxy) is 2. The number of pyridine rings is 1. The summed E-state index contributed by atoms with van der Waals surface area (Å²) in [5, 5.41) is 4.03. The summed E-state index contributed by atoms with van der Waals surface area (Å²) in [5.74, 6) is 2.57. The first-order valence-electron chi connectivity index (χ1n) is 7.52. The lowest BCUT2D eigenvalue weighted by molar-refractivity contribution is 0.404. The van der Waals surface area contributed by atoms with Crippen molar-refractivity contribution in [1.82, 2.24) is 9.97 Å². The molecule has 0 bridgehead atoms. The van der Waals surface area contributed by atoms with Gasteiger partial charge in [-0.2, -0.15) is 0 Å². The number of hydrogen-bond donors (Lipinski definition) is 0. The Morgan fingerprint density at radius 2 is 2.00 bits per heavy atom. The molecule has 24 heavy (non-hydrogen) atoms. The molecule has 2 aromatic heterocycles. The van der Waals surface area contributed by atoms with Gasteiger partial charge in [-0.3, -0.25) is 0 Å². The van der Waals surface area contributed by atoms with E-state index in [0.29, 0.717) is 0 Å². The highest BCUT2D eigenvalue weighted by atomic mass is 32.2. The van der Waals surface area contributed by atoms with E-state index in [9.17, 15) is 0 Å². The first-order chi connectivity index (χ1) is 11.7. The molecule has 3 rings (SSSR count). The molecule has 3 aromatic rings. The summed E-state index contributed by atoms with van der Waals surface area (Å²) in [6, 6.07) is 9.80. The van der Waals surface area contributed by atoms with E-state index in [1.165, 1.54) is 0 Å². The topological polar surface area (TPSA) is 44.2 Å². The van der Waals surface area contributed by atoms with Crippen LogP contribution in [0.15, 0.2) is 46.9 Å². The molecule has 2 heterocycles. The van der Waals surface area contributed by atoms with Crippen LogP contribution in [-0.4, -0.2) is 29.9 Å². The standard InChI is InChI=1S/C18H18N2O2S2/c1-4-23-17-9-12(7-8-19-17)18-20-15(11-24-18)14-10-13(21-2)5-6-16(14)22-3/h5-11H,4H2,1-3H3. The zero-order chi connectivity index (χ0) is 16.9. The zero-order valence-electron chi connectivity index (χ0n) is 13.8. The van der Waals surface area contributed by atoms with Gasteiger partial charge in [0.25, 0.3) is 0 Å². The molecule has 0 aliphatic carbocycles. The molecule has 0 unspecified atom stereocenters. The van der Waals surface area contributed by atoms with Crippen molar-refractivity contribution in [2.24, 2.45) is 0 Å². The monoisotopic (exact) mass is 358 g/mol. The molecule has 0 atom stereocenters. The van der Waals surface area contributed by atoms with Crippen LogP contribution in [0.25, 0.3) is 21.8 Å². The van der Waals surface area contributed by atoms with Gasteiger partial charge in [0.2, 0.25) is 0 Å². The molecule has 1 aromatic carbocycles. The maximum absolute atomic E-state index is 5.46. The molecule has 0 fully saturated rings. The third-order valence-electron chi connectivity index (χ3n) is 3.46. The van der Waals surface area contributed by atoms with Crippen LogP contribution < -0.4 is 9.47 Å². The normalized spacial score (nSPS) is 10.6. The number of methoxy groups -OCH3 is 2. The SMILES string of the molecule is CCSc1cc(-c2nc(-c3cc(OC)ccc3OC)cs2)ccn1. The van der Waals surface area contributed by atoms with Crippen LogP contribution in [0.4, 0.5) is 0 Å². The second-order valence-electron chi connectivity index (χ2n) is 4.92. The van der Waals surface area contributed by atoms with Crippen molar-refractivity contribution >= 4 is 23.1 Å². The highest BCUT2D eigenvalue weighted by Crippen LogP contribution is 2.36. The van der Waals surface area contributed by atoms with Gasteiger partial charge in [-0.25, -0.2) is 9.97 Å². The van der Waals surface area contributed by atoms with Crippen molar-refractivity contribution in [3.63, 3.8) is 0 Å². The van der Waals surface area contributed by atoms with Crippen LogP contribution in [0, 0.1) is 0 Å². The van der Waals surface area contributed by atoms with E-state index in [4.69, 9.17) is 14.5 Å². The van der Waals surface area contributed by atoms with Crippen LogP contribution in [0.1, 0.15) is 6.92 Å². The number of benzene rings is 1. The van der Waals surface area contributed by atoms with Crippen LogP contribution in [-0.2, 0) is 0 Å². The number of rotatable bonds is 6. The quantitative estimate of drug-likeness (QED) is 0.580. The number of aromatic nitrogens is 2. The zero-order valence-corrected chi connectivity index (χ0v) is 15.4. The van der Waals surface area contributed by atoms with Crippen molar-refractivity contribution < 1.29 is 9.47 Å². The Kier molecular flexibility index (Phi) is 5.37. The minimum Gasteiger partial charge on any atom is -0.497 e. The van der Waals surface area contributed by atoms with E-state index >= 15 is 0 Å². The van der Waals surface area contributed by atoms with E-state index in [1.54, 1.807) is 37.3 Å². The molecular weight excluding hydrogens is 340 g/mol. The van der Waals surface area contributed by atoms with Crippen molar-refractivity contribution in [1.29, 1.82) is 0 Å². The van der Waals surface area contributed by atoms with E-state index in [2.05, 4.69) is 18.0 Å². The smallest absolute Gasteiger partial charge is 0.128 e. The van der Waals surface area contributed by atoms with Gasteiger partial charge >= 0.3 is 0 Å². The fourth-order valence-corrected chi connectivity index (χ4v) is 3.77. The number of nitrogens with zero attached hydrogens (tertiary/aromatic N) is 2. The second-order valence-corrected chi connectivity index (χ2v) is 7.06. The highest BCUT2D eigenvalue weighted by Gasteiger charge is 2.13. The Morgan fingerprint density at radius 1 is 1.12 bits per heavy atom. The van der Waals surface area contributed by atoms with Gasteiger partial charge in [0, 0.05) is 22.7 Å². The molecule has 0 spiro atoms. The number of hydrogen-bond acceptors (Lipinski definition) is 6. The van der Waals surface area contributed by atoms with Crippen molar-refractivity contribution in [2.45, 2.75) is 11.9 Å². The predicted molar refractivity (Wildman–Crippen MR) is 100 cm³/mol. The molecule has 0 N–H and O–H groups in total. The Bertz CT molecular complexity index is 833. The third kappa shape index (κ3) is 3.55. The van der Waals surface area contributed by atoms with Crippen molar-refractivity contribution in [2.75, 3.05) is 20.0 Å². The Morgan fingerprint density at radius 3 is 2.75 bits per heavy atom. The Balaban J connectivity index is 1.98. The minimum absolute atomic E-state index is 0.782. The molecule has 0 radical (unpaired) electrons. The van der Waals surface area contributed by atoms with Gasteiger partial charge in [-0.15, -0.1) is 23.1 Å². The molecule has 124 valence electrons. The van der Waals surface area contributed by atoms with Gasteiger partial charge < -0.3 is 9.47 Å². The minimum atomic E-state index is 0.782. The average molecular weight is 358 g/mol. The lowest BCUT2D eigenvalue weighted by Gasteiger charge is -2.08. The second kappa shape index (κ2) is 7.68.